The minimum absolute atomic E-state index is 0.192. The number of fused-ring (bicyclic) bond motifs is 3. The molecule has 2 aliphatic heterocycles. The van der Waals surface area contributed by atoms with E-state index >= 15 is 0 Å². The van der Waals surface area contributed by atoms with Gasteiger partial charge in [0, 0.05) is 23.4 Å². The number of unbranched alkanes of at least 4 members (excludes halogenated alkanes) is 1. The van der Waals surface area contributed by atoms with Crippen molar-refractivity contribution in [2.45, 2.75) is 82.9 Å². The van der Waals surface area contributed by atoms with Gasteiger partial charge in [0.25, 0.3) is 0 Å². The second kappa shape index (κ2) is 14.9. The highest BCUT2D eigenvalue weighted by Crippen LogP contribution is 2.34. The van der Waals surface area contributed by atoms with Crippen LogP contribution in [0.3, 0.4) is 0 Å². The second-order valence-corrected chi connectivity index (χ2v) is 11.6. The summed E-state index contributed by atoms with van der Waals surface area (Å²) in [6.45, 7) is 6.14. The monoisotopic (exact) mass is 598 g/mol. The van der Waals surface area contributed by atoms with Gasteiger partial charge in [0.05, 0.1) is 24.4 Å². The van der Waals surface area contributed by atoms with Crippen LogP contribution < -0.4 is 15.4 Å². The van der Waals surface area contributed by atoms with Gasteiger partial charge < -0.3 is 25.0 Å². The third kappa shape index (κ3) is 7.56. The van der Waals surface area contributed by atoms with Crippen molar-refractivity contribution in [2.75, 3.05) is 13.2 Å². The first-order valence-corrected chi connectivity index (χ1v) is 15.8. The molecule has 4 bridgehead atoms. The lowest BCUT2D eigenvalue weighted by molar-refractivity contribution is -0.139. The molecule has 3 heterocycles. The van der Waals surface area contributed by atoms with Crippen LogP contribution in [-0.4, -0.2) is 59.1 Å². The lowest BCUT2D eigenvalue weighted by Crippen LogP contribution is -2.53. The molecule has 3 amide bonds. The Morgan fingerprint density at radius 3 is 2.73 bits per heavy atom. The van der Waals surface area contributed by atoms with Crippen molar-refractivity contribution in [1.29, 1.82) is 0 Å². The van der Waals surface area contributed by atoms with E-state index in [4.69, 9.17) is 14.5 Å². The minimum atomic E-state index is -0.809. The fraction of sp³-hybridized carbons (Fsp3) is 0.429. The summed E-state index contributed by atoms with van der Waals surface area (Å²) < 4.78 is 12.1. The van der Waals surface area contributed by atoms with E-state index in [0.717, 1.165) is 67.1 Å². The van der Waals surface area contributed by atoms with Gasteiger partial charge >= 0.3 is 6.09 Å². The summed E-state index contributed by atoms with van der Waals surface area (Å²) >= 11 is 0. The van der Waals surface area contributed by atoms with Crippen LogP contribution in [0.25, 0.3) is 22.2 Å². The van der Waals surface area contributed by atoms with Crippen molar-refractivity contribution in [1.82, 2.24) is 20.5 Å². The second-order valence-electron chi connectivity index (χ2n) is 11.6. The zero-order valence-corrected chi connectivity index (χ0v) is 25.4. The lowest BCUT2D eigenvalue weighted by Gasteiger charge is -2.28. The summed E-state index contributed by atoms with van der Waals surface area (Å²) in [6.07, 6.45) is 7.19. The molecule has 0 unspecified atom stereocenters. The Bertz CT molecular complexity index is 1480. The van der Waals surface area contributed by atoms with Crippen molar-refractivity contribution in [3.8, 4) is 17.0 Å². The quantitative estimate of drug-likeness (QED) is 0.365. The van der Waals surface area contributed by atoms with Crippen LogP contribution in [0.2, 0.25) is 0 Å². The highest BCUT2D eigenvalue weighted by atomic mass is 16.5. The molecule has 2 N–H and O–H groups in total. The van der Waals surface area contributed by atoms with Gasteiger partial charge in [-0.15, -0.1) is 0 Å². The summed E-state index contributed by atoms with van der Waals surface area (Å²) in [5.74, 6) is 0.000709. The molecular formula is C35H42N4O5. The third-order valence-corrected chi connectivity index (χ3v) is 8.32. The van der Waals surface area contributed by atoms with E-state index in [1.165, 1.54) is 16.7 Å². The molecule has 3 aromatic rings. The Morgan fingerprint density at radius 1 is 1.11 bits per heavy atom. The van der Waals surface area contributed by atoms with Gasteiger partial charge in [-0.25, -0.2) is 9.78 Å². The zero-order chi connectivity index (χ0) is 30.9. The Hall–Kier alpha value is -4.40. The van der Waals surface area contributed by atoms with Gasteiger partial charge in [0.1, 0.15) is 23.9 Å². The number of nitrogens with one attached hydrogen (secondary N) is 2. The molecule has 9 heteroatoms. The Balaban J connectivity index is 1.53. The van der Waals surface area contributed by atoms with Crippen LogP contribution in [0.1, 0.15) is 63.9 Å². The molecule has 0 aliphatic carbocycles. The Kier molecular flexibility index (Phi) is 10.5. The SMILES string of the molecule is C=CNC(=O)[C@@H]1C[C@@H]2CN1C(=O)[C@H](CCCC)NC(=O)OCCCCCCc1ccc3nc(-c4ccccc4)cc(c3c1)O2. The topological polar surface area (TPSA) is 110 Å². The largest absolute Gasteiger partial charge is 0.488 e. The van der Waals surface area contributed by atoms with Crippen molar-refractivity contribution in [3.63, 3.8) is 0 Å². The van der Waals surface area contributed by atoms with E-state index in [2.05, 4.69) is 29.3 Å². The summed E-state index contributed by atoms with van der Waals surface area (Å²) in [5.41, 5.74) is 3.77. The zero-order valence-electron chi connectivity index (χ0n) is 25.4. The first kappa shape index (κ1) is 31.0. The lowest BCUT2D eigenvalue weighted by atomic mass is 10.0. The Morgan fingerprint density at radius 2 is 1.93 bits per heavy atom. The number of benzene rings is 2. The molecule has 9 nitrogen and oxygen atoms in total. The van der Waals surface area contributed by atoms with Crippen molar-refractivity contribution in [2.24, 2.45) is 0 Å². The predicted molar refractivity (Wildman–Crippen MR) is 170 cm³/mol. The Labute approximate surface area is 259 Å². The van der Waals surface area contributed by atoms with Crippen LogP contribution in [0.15, 0.2) is 67.4 Å². The fourth-order valence-electron chi connectivity index (χ4n) is 6.00. The summed E-state index contributed by atoms with van der Waals surface area (Å²) in [4.78, 5) is 46.3. The van der Waals surface area contributed by atoms with Crippen molar-refractivity contribution >= 4 is 28.8 Å². The van der Waals surface area contributed by atoms with Crippen molar-refractivity contribution < 1.29 is 23.9 Å². The first-order valence-electron chi connectivity index (χ1n) is 15.8. The smallest absolute Gasteiger partial charge is 0.407 e. The van der Waals surface area contributed by atoms with Gasteiger partial charge in [-0.05, 0) is 49.6 Å². The molecule has 3 atom stereocenters. The molecule has 0 spiro atoms. The number of aryl methyl sites for hydroxylation is 1. The van der Waals surface area contributed by atoms with Crippen LogP contribution in [0.4, 0.5) is 4.79 Å². The minimum Gasteiger partial charge on any atom is -0.488 e. The number of hydrogen-bond acceptors (Lipinski definition) is 6. The molecule has 2 aromatic carbocycles. The maximum atomic E-state index is 14.0. The van der Waals surface area contributed by atoms with Gasteiger partial charge in [-0.1, -0.05) is 75.6 Å². The number of cyclic esters (lactones) is 1. The molecule has 1 fully saturated rings. The van der Waals surface area contributed by atoms with E-state index in [0.29, 0.717) is 25.2 Å². The maximum Gasteiger partial charge on any atom is 0.407 e. The van der Waals surface area contributed by atoms with E-state index in [1.54, 1.807) is 0 Å². The average Bonchev–Trinajstić information content (AvgIpc) is 3.46. The molecule has 5 rings (SSSR count). The molecule has 232 valence electrons. The number of aromatic nitrogens is 1. The molecule has 0 saturated carbocycles. The van der Waals surface area contributed by atoms with E-state index < -0.39 is 24.3 Å². The maximum absolute atomic E-state index is 14.0. The number of pyridine rings is 1. The van der Waals surface area contributed by atoms with Crippen molar-refractivity contribution in [3.05, 3.63) is 72.9 Å². The number of amides is 3. The number of ether oxygens (including phenoxy) is 2. The number of hydrogen-bond donors (Lipinski definition) is 2. The number of carbonyl (C=O) groups excluding carboxylic acids is 3. The van der Waals surface area contributed by atoms with E-state index in [-0.39, 0.29) is 18.4 Å². The normalized spacial score (nSPS) is 21.4. The number of carbonyl (C=O) groups is 3. The molecular weight excluding hydrogens is 556 g/mol. The van der Waals surface area contributed by atoms with Gasteiger partial charge in [-0.2, -0.15) is 0 Å². The van der Waals surface area contributed by atoms with Crippen LogP contribution in [-0.2, 0) is 20.7 Å². The number of nitrogens with zero attached hydrogens (tertiary/aromatic N) is 2. The van der Waals surface area contributed by atoms with Crippen LogP contribution in [0, 0.1) is 0 Å². The standard InChI is InChI=1S/C35H42N4O5/c1-3-5-16-29-34(41)39-23-26(21-31(39)33(40)36-4-2)44-32-22-30(25-14-10-8-11-15-25)37-28-18-17-24(20-27(28)32)13-9-6-7-12-19-43-35(42)38-29/h4,8,10-11,14-15,17-18,20,22,26,29,31H,2-3,5-7,9,12-13,16,19,21,23H2,1H3,(H,36,40)(H,38,42)/t26-,29+,31+/m1/s1. The van der Waals surface area contributed by atoms with Gasteiger partial charge in [0.2, 0.25) is 11.8 Å². The van der Waals surface area contributed by atoms with Crippen LogP contribution >= 0.6 is 0 Å². The van der Waals surface area contributed by atoms with E-state index in [1.807, 2.05) is 49.4 Å². The molecule has 0 radical (unpaired) electrons. The third-order valence-electron chi connectivity index (χ3n) is 8.32. The number of rotatable bonds is 6. The highest BCUT2D eigenvalue weighted by Gasteiger charge is 2.43. The average molecular weight is 599 g/mol. The number of alkyl carbamates (subject to hydrolysis) is 1. The van der Waals surface area contributed by atoms with Crippen LogP contribution in [0.5, 0.6) is 5.75 Å². The van der Waals surface area contributed by atoms with Gasteiger partial charge in [0.15, 0.2) is 0 Å². The highest BCUT2D eigenvalue weighted by molar-refractivity contribution is 5.92. The summed E-state index contributed by atoms with van der Waals surface area (Å²) in [5, 5.41) is 6.33. The summed E-state index contributed by atoms with van der Waals surface area (Å²) in [6, 6.07) is 16.6. The summed E-state index contributed by atoms with van der Waals surface area (Å²) in [7, 11) is 0. The molecule has 1 saturated heterocycles. The van der Waals surface area contributed by atoms with Gasteiger partial charge in [-0.3, -0.25) is 9.59 Å². The molecule has 1 aromatic heterocycles. The van der Waals surface area contributed by atoms with E-state index in [9.17, 15) is 14.4 Å². The fourth-order valence-corrected chi connectivity index (χ4v) is 6.00. The first-order chi connectivity index (χ1) is 21.5. The predicted octanol–water partition coefficient (Wildman–Crippen LogP) is 5.91. The molecule has 44 heavy (non-hydrogen) atoms. The molecule has 2 aliphatic rings.